The van der Waals surface area contributed by atoms with Gasteiger partial charge in [-0.3, -0.25) is 14.2 Å². The molecule has 1 saturated heterocycles. The van der Waals surface area contributed by atoms with Gasteiger partial charge in [-0.2, -0.15) is 0 Å². The van der Waals surface area contributed by atoms with Crippen LogP contribution in [-0.4, -0.2) is 51.2 Å². The minimum atomic E-state index is -0.909. The van der Waals surface area contributed by atoms with Gasteiger partial charge in [-0.1, -0.05) is 72.3 Å². The molecule has 10 nitrogen and oxygen atoms in total. The van der Waals surface area contributed by atoms with Gasteiger partial charge in [-0.05, 0) is 52.0 Å². The van der Waals surface area contributed by atoms with Crippen LogP contribution in [0.5, 0.6) is 0 Å². The fourth-order valence-corrected chi connectivity index (χ4v) is 5.55. The number of nitrogens with zero attached hydrogens (tertiary/aromatic N) is 3. The molecule has 1 aromatic heterocycles. The second kappa shape index (κ2) is 14.5. The van der Waals surface area contributed by atoms with Gasteiger partial charge < -0.3 is 19.1 Å². The molecule has 44 heavy (non-hydrogen) atoms. The van der Waals surface area contributed by atoms with E-state index >= 15 is 0 Å². The topological polar surface area (TPSA) is 117 Å². The zero-order valence-electron chi connectivity index (χ0n) is 23.6. The van der Waals surface area contributed by atoms with Crippen LogP contribution in [0, 0.1) is 0 Å². The van der Waals surface area contributed by atoms with Crippen LogP contribution in [-0.2, 0) is 38.8 Å². The molecule has 0 unspecified atom stereocenters. The van der Waals surface area contributed by atoms with E-state index in [4.69, 9.17) is 25.8 Å². The molecule has 12 heteroatoms. The van der Waals surface area contributed by atoms with Crippen molar-refractivity contribution in [3.63, 3.8) is 0 Å². The summed E-state index contributed by atoms with van der Waals surface area (Å²) in [6, 6.07) is 20.6. The Bertz CT molecular complexity index is 1700. The summed E-state index contributed by atoms with van der Waals surface area (Å²) in [5.74, 6) is -0.365. The van der Waals surface area contributed by atoms with E-state index in [1.807, 2.05) is 60.7 Å². The molecule has 0 radical (unpaired) electrons. The average molecular weight is 683 g/mol. The van der Waals surface area contributed by atoms with E-state index in [1.165, 1.54) is 21.9 Å². The van der Waals surface area contributed by atoms with Crippen molar-refractivity contribution in [1.82, 2.24) is 14.5 Å². The summed E-state index contributed by atoms with van der Waals surface area (Å²) >= 11 is 9.50. The van der Waals surface area contributed by atoms with Gasteiger partial charge in [0, 0.05) is 17.4 Å². The van der Waals surface area contributed by atoms with E-state index in [0.717, 1.165) is 11.1 Å². The van der Waals surface area contributed by atoms with E-state index < -0.39 is 30.0 Å². The molecule has 4 aromatic rings. The highest BCUT2D eigenvalue weighted by molar-refractivity contribution is 9.10. The van der Waals surface area contributed by atoms with Gasteiger partial charge in [-0.25, -0.2) is 14.6 Å². The number of aromatic nitrogens is 2. The highest BCUT2D eigenvalue weighted by Crippen LogP contribution is 2.27. The van der Waals surface area contributed by atoms with Crippen LogP contribution in [0.3, 0.4) is 0 Å². The number of benzene rings is 3. The number of fused-ring (bicyclic) bond motifs is 1. The van der Waals surface area contributed by atoms with E-state index in [-0.39, 0.29) is 37.3 Å². The van der Waals surface area contributed by atoms with Crippen molar-refractivity contribution < 1.29 is 28.6 Å². The minimum absolute atomic E-state index is 0.0112. The first-order chi connectivity index (χ1) is 21.3. The molecule has 2 heterocycles. The Balaban J connectivity index is 1.32. The maximum absolute atomic E-state index is 13.4. The van der Waals surface area contributed by atoms with Gasteiger partial charge >= 0.3 is 12.2 Å². The standard InChI is InChI=1S/C32H29BrClN3O7/c33-25-16-27-24(15-26(25)34)30(39)36(20-35-27)17-23(38)14-28-29(44-32(41)43-19-22-10-5-2-6-11-22)12-7-13-37(28)31(40)42-18-21-8-3-1-4-9-21/h1-6,8-11,15-16,20,28-29H,7,12-14,17-19H2/t28-,29+/m0/s1. The lowest BCUT2D eigenvalue weighted by atomic mass is 9.94. The highest BCUT2D eigenvalue weighted by atomic mass is 79.9. The van der Waals surface area contributed by atoms with Gasteiger partial charge in [0.2, 0.25) is 0 Å². The Labute approximate surface area is 266 Å². The number of rotatable bonds is 9. The van der Waals surface area contributed by atoms with Gasteiger partial charge in [-0.15, -0.1) is 0 Å². The Hall–Kier alpha value is -4.22. The zero-order valence-corrected chi connectivity index (χ0v) is 25.9. The predicted octanol–water partition coefficient (Wildman–Crippen LogP) is 6.29. The van der Waals surface area contributed by atoms with Crippen LogP contribution in [0.1, 0.15) is 30.4 Å². The third-order valence-corrected chi connectivity index (χ3v) is 8.45. The molecule has 3 aromatic carbocycles. The number of carbonyl (C=O) groups excluding carboxylic acids is 3. The molecule has 228 valence electrons. The normalized spacial score (nSPS) is 16.4. The number of Topliss-reactive ketones (excluding diaryl/α,β-unsaturated/α-hetero) is 1. The molecule has 1 amide bonds. The SMILES string of the molecule is O=C(C[C@H]1[C@H](OC(=O)OCc2ccccc2)CCCN1C(=O)OCc1ccccc1)Cn1cnc2cc(Br)c(Cl)cc2c1=O. The summed E-state index contributed by atoms with van der Waals surface area (Å²) in [7, 11) is 0. The van der Waals surface area contributed by atoms with Crippen molar-refractivity contribution >= 4 is 56.5 Å². The molecule has 0 aliphatic carbocycles. The number of piperidine rings is 1. The van der Waals surface area contributed by atoms with Gasteiger partial charge in [0.15, 0.2) is 5.78 Å². The number of halogens is 2. The van der Waals surface area contributed by atoms with Crippen molar-refractivity contribution in [2.75, 3.05) is 6.54 Å². The monoisotopic (exact) mass is 681 g/mol. The number of amides is 1. The molecular formula is C32H29BrClN3O7. The third-order valence-electron chi connectivity index (χ3n) is 7.25. The Kier molecular flexibility index (Phi) is 10.3. The van der Waals surface area contributed by atoms with Crippen LogP contribution in [0.2, 0.25) is 5.02 Å². The predicted molar refractivity (Wildman–Crippen MR) is 166 cm³/mol. The largest absolute Gasteiger partial charge is 0.508 e. The first kappa shape index (κ1) is 31.2. The molecule has 0 spiro atoms. The number of hydrogen-bond acceptors (Lipinski definition) is 8. The second-order valence-corrected chi connectivity index (χ2v) is 11.6. The molecule has 0 N–H and O–H groups in total. The van der Waals surface area contributed by atoms with Crippen molar-refractivity contribution in [2.45, 2.75) is 51.2 Å². The zero-order chi connectivity index (χ0) is 31.1. The second-order valence-electron chi connectivity index (χ2n) is 10.3. The van der Waals surface area contributed by atoms with E-state index in [0.29, 0.717) is 34.4 Å². The lowest BCUT2D eigenvalue weighted by Gasteiger charge is -2.39. The van der Waals surface area contributed by atoms with Crippen molar-refractivity contribution in [3.8, 4) is 0 Å². The molecule has 0 saturated carbocycles. The van der Waals surface area contributed by atoms with Crippen LogP contribution in [0.15, 0.2) is 88.4 Å². The molecule has 1 fully saturated rings. The molecule has 1 aliphatic rings. The van der Waals surface area contributed by atoms with Crippen LogP contribution < -0.4 is 5.56 Å². The summed E-state index contributed by atoms with van der Waals surface area (Å²) in [6.45, 7) is 0.0506. The Morgan fingerprint density at radius 3 is 2.30 bits per heavy atom. The maximum atomic E-state index is 13.4. The fourth-order valence-electron chi connectivity index (χ4n) is 5.06. The van der Waals surface area contributed by atoms with Crippen LogP contribution >= 0.6 is 27.5 Å². The first-order valence-corrected chi connectivity index (χ1v) is 15.2. The minimum Gasteiger partial charge on any atom is -0.445 e. The van der Waals surface area contributed by atoms with Crippen molar-refractivity contribution in [1.29, 1.82) is 0 Å². The molecular weight excluding hydrogens is 654 g/mol. The Morgan fingerprint density at radius 2 is 1.61 bits per heavy atom. The quantitative estimate of drug-likeness (QED) is 0.189. The van der Waals surface area contributed by atoms with E-state index in [1.54, 1.807) is 6.07 Å². The molecule has 2 atom stereocenters. The first-order valence-electron chi connectivity index (χ1n) is 14.0. The number of carbonyl (C=O) groups is 3. The number of likely N-dealkylation sites (tertiary alicyclic amines) is 1. The summed E-state index contributed by atoms with van der Waals surface area (Å²) in [4.78, 5) is 58.2. The third kappa shape index (κ3) is 7.83. The van der Waals surface area contributed by atoms with Crippen LogP contribution in [0.4, 0.5) is 9.59 Å². The van der Waals surface area contributed by atoms with E-state index in [2.05, 4.69) is 20.9 Å². The lowest BCUT2D eigenvalue weighted by molar-refractivity contribution is -0.123. The maximum Gasteiger partial charge on any atom is 0.508 e. The summed E-state index contributed by atoms with van der Waals surface area (Å²) in [5.41, 5.74) is 1.59. The number of hydrogen-bond donors (Lipinski definition) is 0. The average Bonchev–Trinajstić information content (AvgIpc) is 3.03. The summed E-state index contributed by atoms with van der Waals surface area (Å²) < 4.78 is 18.3. The summed E-state index contributed by atoms with van der Waals surface area (Å²) in [5, 5.41) is 0.603. The van der Waals surface area contributed by atoms with Crippen LogP contribution in [0.25, 0.3) is 10.9 Å². The number of ether oxygens (including phenoxy) is 3. The smallest absolute Gasteiger partial charge is 0.445 e. The van der Waals surface area contributed by atoms with Crippen molar-refractivity contribution in [3.05, 3.63) is 110 Å². The van der Waals surface area contributed by atoms with E-state index in [9.17, 15) is 19.2 Å². The van der Waals surface area contributed by atoms with Gasteiger partial charge in [0.25, 0.3) is 5.56 Å². The van der Waals surface area contributed by atoms with Gasteiger partial charge in [0.05, 0.1) is 34.8 Å². The molecule has 5 rings (SSSR count). The Morgan fingerprint density at radius 1 is 0.955 bits per heavy atom. The fraction of sp³-hybridized carbons (Fsp3) is 0.281. The summed E-state index contributed by atoms with van der Waals surface area (Å²) in [6.07, 6.45) is -0.343. The number of ketones is 1. The lowest BCUT2D eigenvalue weighted by Crippen LogP contribution is -2.53. The molecule has 0 bridgehead atoms. The highest BCUT2D eigenvalue weighted by Gasteiger charge is 2.39. The van der Waals surface area contributed by atoms with Gasteiger partial charge in [0.1, 0.15) is 19.3 Å². The van der Waals surface area contributed by atoms with Crippen molar-refractivity contribution in [2.24, 2.45) is 0 Å². The molecule has 1 aliphatic heterocycles.